The molecule has 0 saturated carbocycles. The van der Waals surface area contributed by atoms with E-state index in [-0.39, 0.29) is 5.63 Å². The summed E-state index contributed by atoms with van der Waals surface area (Å²) in [6, 6.07) is 7.63. The van der Waals surface area contributed by atoms with Gasteiger partial charge in [-0.3, -0.25) is 0 Å². The lowest BCUT2D eigenvalue weighted by atomic mass is 10.0. The molecule has 3 rings (SSSR count). The summed E-state index contributed by atoms with van der Waals surface area (Å²) in [4.78, 5) is 11.8. The van der Waals surface area contributed by atoms with Crippen LogP contribution in [0, 0.1) is 0 Å². The molecule has 0 bridgehead atoms. The van der Waals surface area contributed by atoms with Gasteiger partial charge in [0.25, 0.3) is 0 Å². The number of allylic oxidation sites excluding steroid dienone is 3. The minimum Gasteiger partial charge on any atom is -0.422 e. The maximum Gasteiger partial charge on any atom is 0.340 e. The second-order valence-electron chi connectivity index (χ2n) is 3.77. The summed E-state index contributed by atoms with van der Waals surface area (Å²) in [6.07, 6.45) is 8.48. The molecule has 2 nitrogen and oxygen atoms in total. The fourth-order valence-corrected chi connectivity index (χ4v) is 2.01. The predicted molar refractivity (Wildman–Crippen MR) is 64.4 cm³/mol. The topological polar surface area (TPSA) is 30.2 Å². The van der Waals surface area contributed by atoms with Crippen LogP contribution >= 0.6 is 0 Å². The number of fused-ring (bicyclic) bond motifs is 3. The minimum atomic E-state index is -0.232. The standard InChI is InChI=1S/C14H10O2/c15-14-12-8-3-1-2-6-10(12)11-7-4-5-9-13(11)16-14/h1-7,9H,8H2. The minimum absolute atomic E-state index is 0.232. The molecule has 1 heterocycles. The molecule has 78 valence electrons. The first-order valence-electron chi connectivity index (χ1n) is 5.24. The Labute approximate surface area is 92.5 Å². The second-order valence-corrected chi connectivity index (χ2v) is 3.77. The molecule has 2 aromatic rings. The molecule has 0 N–H and O–H groups in total. The van der Waals surface area contributed by atoms with Gasteiger partial charge in [-0.15, -0.1) is 0 Å². The Kier molecular flexibility index (Phi) is 2.00. The molecule has 2 heteroatoms. The second kappa shape index (κ2) is 3.49. The summed E-state index contributed by atoms with van der Waals surface area (Å²) in [5.41, 5.74) is 2.14. The molecule has 0 unspecified atom stereocenters. The van der Waals surface area contributed by atoms with Crippen molar-refractivity contribution in [2.24, 2.45) is 0 Å². The molecular formula is C14H10O2. The molecule has 16 heavy (non-hydrogen) atoms. The van der Waals surface area contributed by atoms with E-state index < -0.39 is 0 Å². The van der Waals surface area contributed by atoms with Gasteiger partial charge in [0.15, 0.2) is 0 Å². The van der Waals surface area contributed by atoms with Crippen molar-refractivity contribution in [2.75, 3.05) is 0 Å². The van der Waals surface area contributed by atoms with Gasteiger partial charge in [-0.1, -0.05) is 42.5 Å². The molecule has 0 radical (unpaired) electrons. The molecule has 0 atom stereocenters. The Morgan fingerprint density at radius 1 is 1.12 bits per heavy atom. The fourth-order valence-electron chi connectivity index (χ4n) is 2.01. The number of hydrogen-bond donors (Lipinski definition) is 0. The van der Waals surface area contributed by atoms with Gasteiger partial charge in [0, 0.05) is 10.9 Å². The molecule has 0 saturated heterocycles. The van der Waals surface area contributed by atoms with Crippen LogP contribution in [0.25, 0.3) is 17.0 Å². The van der Waals surface area contributed by atoms with Gasteiger partial charge < -0.3 is 4.42 Å². The van der Waals surface area contributed by atoms with Gasteiger partial charge in [-0.25, -0.2) is 4.79 Å². The smallest absolute Gasteiger partial charge is 0.340 e. The Balaban J connectivity index is 2.48. The highest BCUT2D eigenvalue weighted by Crippen LogP contribution is 2.23. The van der Waals surface area contributed by atoms with E-state index in [2.05, 4.69) is 0 Å². The Morgan fingerprint density at radius 3 is 2.94 bits per heavy atom. The lowest BCUT2D eigenvalue weighted by molar-refractivity contribution is 0.552. The van der Waals surface area contributed by atoms with Crippen LogP contribution in [0.1, 0.15) is 11.1 Å². The molecule has 0 fully saturated rings. The third kappa shape index (κ3) is 1.31. The summed E-state index contributed by atoms with van der Waals surface area (Å²) < 4.78 is 5.29. The zero-order valence-electron chi connectivity index (χ0n) is 8.64. The van der Waals surface area contributed by atoms with Crippen molar-refractivity contribution in [3.05, 3.63) is 64.0 Å². The lowest BCUT2D eigenvalue weighted by Gasteiger charge is -2.05. The monoisotopic (exact) mass is 210 g/mol. The van der Waals surface area contributed by atoms with Crippen LogP contribution in [0.4, 0.5) is 0 Å². The summed E-state index contributed by atoms with van der Waals surface area (Å²) in [7, 11) is 0. The van der Waals surface area contributed by atoms with E-state index in [0.717, 1.165) is 16.5 Å². The van der Waals surface area contributed by atoms with E-state index in [1.807, 2.05) is 48.6 Å². The molecule has 1 aromatic heterocycles. The molecule has 1 aliphatic carbocycles. The van der Waals surface area contributed by atoms with Crippen LogP contribution in [-0.2, 0) is 6.42 Å². The first-order chi connectivity index (χ1) is 7.86. The van der Waals surface area contributed by atoms with Gasteiger partial charge in [0.05, 0.1) is 0 Å². The molecule has 0 aliphatic heterocycles. The summed E-state index contributed by atoms with van der Waals surface area (Å²) in [6.45, 7) is 0. The summed E-state index contributed by atoms with van der Waals surface area (Å²) in [5, 5.41) is 0.997. The van der Waals surface area contributed by atoms with E-state index in [0.29, 0.717) is 12.0 Å². The number of para-hydroxylation sites is 1. The van der Waals surface area contributed by atoms with E-state index in [9.17, 15) is 4.79 Å². The van der Waals surface area contributed by atoms with Crippen LogP contribution in [0.3, 0.4) is 0 Å². The third-order valence-electron chi connectivity index (χ3n) is 2.78. The van der Waals surface area contributed by atoms with Crippen LogP contribution < -0.4 is 5.63 Å². The first-order valence-corrected chi connectivity index (χ1v) is 5.24. The molecule has 0 amide bonds. The van der Waals surface area contributed by atoms with Crippen molar-refractivity contribution in [1.29, 1.82) is 0 Å². The van der Waals surface area contributed by atoms with Crippen molar-refractivity contribution in [1.82, 2.24) is 0 Å². The highest BCUT2D eigenvalue weighted by molar-refractivity contribution is 5.88. The number of benzene rings is 1. The van der Waals surface area contributed by atoms with E-state index in [1.54, 1.807) is 0 Å². The predicted octanol–water partition coefficient (Wildman–Crippen LogP) is 2.92. The maximum atomic E-state index is 11.8. The molecule has 1 aromatic carbocycles. The van der Waals surface area contributed by atoms with Crippen molar-refractivity contribution in [3.8, 4) is 0 Å². The van der Waals surface area contributed by atoms with Gasteiger partial charge in [0.2, 0.25) is 0 Å². The van der Waals surface area contributed by atoms with Gasteiger partial charge in [0.1, 0.15) is 5.58 Å². The van der Waals surface area contributed by atoms with Crippen LogP contribution in [0.2, 0.25) is 0 Å². The van der Waals surface area contributed by atoms with Crippen LogP contribution in [0.5, 0.6) is 0 Å². The zero-order chi connectivity index (χ0) is 11.0. The average Bonchev–Trinajstić information content (AvgIpc) is 2.55. The highest BCUT2D eigenvalue weighted by atomic mass is 16.4. The van der Waals surface area contributed by atoms with Crippen molar-refractivity contribution in [2.45, 2.75) is 6.42 Å². The average molecular weight is 210 g/mol. The molecule has 1 aliphatic rings. The maximum absolute atomic E-state index is 11.8. The van der Waals surface area contributed by atoms with Crippen molar-refractivity contribution >= 4 is 17.0 Å². The van der Waals surface area contributed by atoms with Crippen molar-refractivity contribution < 1.29 is 4.42 Å². The number of hydrogen-bond acceptors (Lipinski definition) is 2. The zero-order valence-corrected chi connectivity index (χ0v) is 8.64. The summed E-state index contributed by atoms with van der Waals surface area (Å²) in [5.74, 6) is 0. The van der Waals surface area contributed by atoms with Crippen molar-refractivity contribution in [3.63, 3.8) is 0 Å². The first kappa shape index (κ1) is 9.16. The van der Waals surface area contributed by atoms with E-state index >= 15 is 0 Å². The van der Waals surface area contributed by atoms with Gasteiger partial charge >= 0.3 is 5.63 Å². The summed E-state index contributed by atoms with van der Waals surface area (Å²) >= 11 is 0. The van der Waals surface area contributed by atoms with Crippen LogP contribution in [0.15, 0.2) is 51.7 Å². The molecule has 0 spiro atoms. The van der Waals surface area contributed by atoms with E-state index in [4.69, 9.17) is 4.42 Å². The largest absolute Gasteiger partial charge is 0.422 e. The number of rotatable bonds is 0. The Bertz CT molecular complexity index is 660. The quantitative estimate of drug-likeness (QED) is 0.626. The highest BCUT2D eigenvalue weighted by Gasteiger charge is 2.11. The van der Waals surface area contributed by atoms with Gasteiger partial charge in [-0.05, 0) is 18.1 Å². The fraction of sp³-hybridized carbons (Fsp3) is 0.0714. The van der Waals surface area contributed by atoms with Crippen LogP contribution in [-0.4, -0.2) is 0 Å². The molecular weight excluding hydrogens is 200 g/mol. The van der Waals surface area contributed by atoms with Gasteiger partial charge in [-0.2, -0.15) is 0 Å². The normalized spacial score (nSPS) is 13.8. The third-order valence-corrected chi connectivity index (χ3v) is 2.78. The Morgan fingerprint density at radius 2 is 2.00 bits per heavy atom. The Hall–Kier alpha value is -2.09. The SMILES string of the molecule is O=c1oc2ccccc2c2c1CC=CC=C2. The van der Waals surface area contributed by atoms with E-state index in [1.165, 1.54) is 0 Å². The lowest BCUT2D eigenvalue weighted by Crippen LogP contribution is -2.08.